The number of halogens is 1. The molecule has 1 atom stereocenters. The number of nitrogens with zero attached hydrogens (tertiary/aromatic N) is 1. The van der Waals surface area contributed by atoms with Crippen LogP contribution in [0.15, 0.2) is 18.2 Å². The molecule has 0 saturated heterocycles. The van der Waals surface area contributed by atoms with Crippen LogP contribution in [0.2, 0.25) is 25.7 Å². The Morgan fingerprint density at radius 1 is 1.48 bits per heavy atom. The number of benzene rings is 1. The second-order valence-electron chi connectivity index (χ2n) is 6.18. The first-order valence-corrected chi connectivity index (χ1v) is 11.4. The first-order chi connectivity index (χ1) is 9.78. The Labute approximate surface area is 132 Å². The minimum absolute atomic E-state index is 0.0358. The zero-order valence-electron chi connectivity index (χ0n) is 12.3. The number of aromatic nitrogens is 2. The molecule has 1 unspecified atom stereocenters. The van der Waals surface area contributed by atoms with E-state index in [0.29, 0.717) is 17.5 Å². The predicted molar refractivity (Wildman–Crippen MR) is 88.8 cm³/mol. The Hall–Kier alpha value is -1.18. The van der Waals surface area contributed by atoms with E-state index in [9.17, 15) is 4.79 Å². The van der Waals surface area contributed by atoms with E-state index in [1.807, 2.05) is 12.1 Å². The third kappa shape index (κ3) is 4.15. The molecular weight excluding hydrogens is 352 g/mol. The molecule has 0 saturated carbocycles. The maximum Gasteiger partial charge on any atom is 0.357 e. The van der Waals surface area contributed by atoms with Crippen molar-refractivity contribution in [3.05, 3.63) is 29.5 Å². The van der Waals surface area contributed by atoms with Crippen LogP contribution >= 0.6 is 15.9 Å². The van der Waals surface area contributed by atoms with E-state index in [0.717, 1.165) is 11.6 Å². The molecule has 0 bridgehead atoms. The van der Waals surface area contributed by atoms with E-state index in [-0.39, 0.29) is 10.7 Å². The number of fused-ring (bicyclic) bond motifs is 1. The summed E-state index contributed by atoms with van der Waals surface area (Å²) < 4.78 is 5.80. The quantitative estimate of drug-likeness (QED) is 0.594. The van der Waals surface area contributed by atoms with Gasteiger partial charge in [0.2, 0.25) is 0 Å². The molecule has 1 aromatic carbocycles. The molecule has 1 heterocycles. The van der Waals surface area contributed by atoms with Gasteiger partial charge in [0.05, 0.1) is 5.52 Å². The fraction of sp³-hybridized carbons (Fsp3) is 0.429. The molecular formula is C14H19BrN2O3Si. The molecule has 5 nitrogen and oxygen atoms in total. The SMILES string of the molecule is C[Si](C)(C)CCOC(Br)c1ccc2[nH]nc(C(=O)O)c2c1. The third-order valence-electron chi connectivity index (χ3n) is 3.17. The standard InChI is InChI=1S/C14H19BrN2O3Si/c1-21(2,3)7-6-20-13(15)9-4-5-11-10(8-9)12(14(18)19)17-16-11/h4-5,8,13H,6-7H2,1-3H3,(H,16,17)(H,18,19). The maximum absolute atomic E-state index is 11.1. The van der Waals surface area contributed by atoms with Crippen molar-refractivity contribution in [1.82, 2.24) is 10.2 Å². The number of carbonyl (C=O) groups is 1. The minimum atomic E-state index is -1.12. The lowest BCUT2D eigenvalue weighted by atomic mass is 10.1. The van der Waals surface area contributed by atoms with Crippen molar-refractivity contribution in [1.29, 1.82) is 0 Å². The molecule has 0 fully saturated rings. The van der Waals surface area contributed by atoms with Crippen molar-refractivity contribution >= 4 is 40.9 Å². The number of hydrogen-bond donors (Lipinski definition) is 2. The molecule has 0 aliphatic heterocycles. The van der Waals surface area contributed by atoms with Crippen molar-refractivity contribution in [3.8, 4) is 0 Å². The van der Waals surface area contributed by atoms with Gasteiger partial charge in [0.25, 0.3) is 0 Å². The number of ether oxygens (including phenoxy) is 1. The van der Waals surface area contributed by atoms with Gasteiger partial charge < -0.3 is 9.84 Å². The fourth-order valence-electron chi connectivity index (χ4n) is 1.90. The number of hydrogen-bond acceptors (Lipinski definition) is 3. The highest BCUT2D eigenvalue weighted by Gasteiger charge is 2.17. The zero-order valence-corrected chi connectivity index (χ0v) is 14.9. The maximum atomic E-state index is 11.1. The lowest BCUT2D eigenvalue weighted by molar-refractivity contribution is 0.0692. The van der Waals surface area contributed by atoms with Gasteiger partial charge in [0, 0.05) is 20.1 Å². The van der Waals surface area contributed by atoms with Gasteiger partial charge in [-0.05, 0) is 23.7 Å². The number of carboxylic acid groups (broad SMARTS) is 1. The second-order valence-corrected chi connectivity index (χ2v) is 12.6. The second kappa shape index (κ2) is 6.29. The molecule has 0 amide bonds. The van der Waals surface area contributed by atoms with E-state index in [1.54, 1.807) is 6.07 Å². The average molecular weight is 371 g/mol. The number of alkyl halides is 1. The molecule has 2 N–H and O–H groups in total. The van der Waals surface area contributed by atoms with E-state index in [2.05, 4.69) is 45.8 Å². The van der Waals surface area contributed by atoms with Crippen LogP contribution in [0.5, 0.6) is 0 Å². The van der Waals surface area contributed by atoms with Gasteiger partial charge in [-0.25, -0.2) is 4.79 Å². The van der Waals surface area contributed by atoms with Crippen LogP contribution in [0.3, 0.4) is 0 Å². The highest BCUT2D eigenvalue weighted by atomic mass is 79.9. The van der Waals surface area contributed by atoms with Crippen molar-refractivity contribution in [2.24, 2.45) is 0 Å². The van der Waals surface area contributed by atoms with Gasteiger partial charge in [0.15, 0.2) is 5.69 Å². The number of rotatable bonds is 6. The van der Waals surface area contributed by atoms with Gasteiger partial charge >= 0.3 is 5.97 Å². The first kappa shape index (κ1) is 16.2. The van der Waals surface area contributed by atoms with Crippen LogP contribution in [-0.2, 0) is 4.74 Å². The summed E-state index contributed by atoms with van der Waals surface area (Å²) in [5.74, 6) is -1.04. The van der Waals surface area contributed by atoms with E-state index < -0.39 is 14.0 Å². The van der Waals surface area contributed by atoms with Gasteiger partial charge in [-0.1, -0.05) is 41.6 Å². The summed E-state index contributed by atoms with van der Waals surface area (Å²) in [5.41, 5.74) is 1.63. The molecule has 1 aromatic heterocycles. The predicted octanol–water partition coefficient (Wildman–Crippen LogP) is 4.01. The van der Waals surface area contributed by atoms with Crippen molar-refractivity contribution < 1.29 is 14.6 Å². The minimum Gasteiger partial charge on any atom is -0.476 e. The van der Waals surface area contributed by atoms with Crippen LogP contribution in [0.4, 0.5) is 0 Å². The molecule has 0 aliphatic carbocycles. The Morgan fingerprint density at radius 2 is 2.19 bits per heavy atom. The molecule has 2 rings (SSSR count). The van der Waals surface area contributed by atoms with Crippen LogP contribution in [0.1, 0.15) is 21.1 Å². The average Bonchev–Trinajstić information content (AvgIpc) is 2.79. The summed E-state index contributed by atoms with van der Waals surface area (Å²) in [6, 6.07) is 6.61. The molecule has 7 heteroatoms. The van der Waals surface area contributed by atoms with Crippen LogP contribution in [0.25, 0.3) is 10.9 Å². The monoisotopic (exact) mass is 370 g/mol. The zero-order chi connectivity index (χ0) is 15.6. The Kier molecular flexibility index (Phi) is 4.85. The Morgan fingerprint density at radius 3 is 2.81 bits per heavy atom. The van der Waals surface area contributed by atoms with E-state index in [4.69, 9.17) is 9.84 Å². The lowest BCUT2D eigenvalue weighted by Gasteiger charge is -2.18. The van der Waals surface area contributed by atoms with Crippen molar-refractivity contribution in [3.63, 3.8) is 0 Å². The van der Waals surface area contributed by atoms with Crippen LogP contribution < -0.4 is 0 Å². The van der Waals surface area contributed by atoms with Gasteiger partial charge in [-0.2, -0.15) is 5.10 Å². The first-order valence-electron chi connectivity index (χ1n) is 6.75. The highest BCUT2D eigenvalue weighted by molar-refractivity contribution is 9.09. The molecule has 2 aromatic rings. The molecule has 114 valence electrons. The normalized spacial score (nSPS) is 13.5. The highest BCUT2D eigenvalue weighted by Crippen LogP contribution is 2.28. The van der Waals surface area contributed by atoms with E-state index in [1.165, 1.54) is 0 Å². The van der Waals surface area contributed by atoms with E-state index >= 15 is 0 Å². The molecule has 0 aliphatic rings. The molecule has 0 spiro atoms. The molecule has 0 radical (unpaired) electrons. The number of carboxylic acids is 1. The Balaban J connectivity index is 2.14. The number of aromatic amines is 1. The number of nitrogens with one attached hydrogen (secondary N) is 1. The summed E-state index contributed by atoms with van der Waals surface area (Å²) in [6.07, 6.45) is 0. The fourth-order valence-corrected chi connectivity index (χ4v) is 3.10. The van der Waals surface area contributed by atoms with Crippen LogP contribution in [0, 0.1) is 0 Å². The topological polar surface area (TPSA) is 75.2 Å². The largest absolute Gasteiger partial charge is 0.476 e. The summed E-state index contributed by atoms with van der Waals surface area (Å²) >= 11 is 3.50. The van der Waals surface area contributed by atoms with Crippen LogP contribution in [-0.4, -0.2) is 36.0 Å². The van der Waals surface area contributed by atoms with Gasteiger partial charge in [-0.3, -0.25) is 5.10 Å². The van der Waals surface area contributed by atoms with Gasteiger partial charge in [-0.15, -0.1) is 0 Å². The van der Waals surface area contributed by atoms with Gasteiger partial charge in [0.1, 0.15) is 5.01 Å². The Bertz CT molecular complexity index is 651. The lowest BCUT2D eigenvalue weighted by Crippen LogP contribution is -2.21. The summed E-state index contributed by atoms with van der Waals surface area (Å²) in [6.45, 7) is 7.60. The van der Waals surface area contributed by atoms with Crippen molar-refractivity contribution in [2.75, 3.05) is 6.61 Å². The summed E-state index contributed by atoms with van der Waals surface area (Å²) in [4.78, 5) is 11.1. The number of H-pyrrole nitrogens is 1. The molecule has 21 heavy (non-hydrogen) atoms. The third-order valence-corrected chi connectivity index (χ3v) is 5.66. The smallest absolute Gasteiger partial charge is 0.357 e. The summed E-state index contributed by atoms with van der Waals surface area (Å²) in [7, 11) is -1.12. The number of aromatic carboxylic acids is 1. The van der Waals surface area contributed by atoms with Crippen molar-refractivity contribution in [2.45, 2.75) is 30.7 Å². The summed E-state index contributed by atoms with van der Waals surface area (Å²) in [5, 5.41) is 16.0.